The summed E-state index contributed by atoms with van der Waals surface area (Å²) in [4.78, 5) is 21.8. The van der Waals surface area contributed by atoms with E-state index in [9.17, 15) is 4.79 Å². The van der Waals surface area contributed by atoms with Crippen molar-refractivity contribution in [1.82, 2.24) is 9.38 Å². The Morgan fingerprint density at radius 2 is 1.67 bits per heavy atom. The van der Waals surface area contributed by atoms with Crippen molar-refractivity contribution in [1.29, 1.82) is 0 Å². The third kappa shape index (κ3) is 3.34. The molecule has 3 heterocycles. The maximum absolute atomic E-state index is 13.2. The predicted octanol–water partition coefficient (Wildman–Crippen LogP) is 4.91. The van der Waals surface area contributed by atoms with Gasteiger partial charge in [-0.1, -0.05) is 0 Å². The molecule has 2 aromatic heterocycles. The van der Waals surface area contributed by atoms with Crippen molar-refractivity contribution in [2.75, 3.05) is 33.3 Å². The number of hydrogen-bond acceptors (Lipinski definition) is 6. The van der Waals surface area contributed by atoms with Crippen LogP contribution in [0.25, 0.3) is 27.9 Å². The minimum atomic E-state index is -0.0799. The molecule has 0 unspecified atom stereocenters. The maximum Gasteiger partial charge on any atom is 0.258 e. The Kier molecular flexibility index (Phi) is 5.09. The fourth-order valence-corrected chi connectivity index (χ4v) is 4.97. The van der Waals surface area contributed by atoms with Gasteiger partial charge in [0, 0.05) is 29.2 Å². The van der Waals surface area contributed by atoms with Crippen LogP contribution < -0.4 is 19.1 Å². The maximum atomic E-state index is 13.2. The van der Waals surface area contributed by atoms with E-state index in [4.69, 9.17) is 19.2 Å². The molecule has 4 aromatic rings. The second-order valence-electron chi connectivity index (χ2n) is 7.71. The number of rotatable bonds is 5. The number of likely N-dealkylation sites (N-methyl/N-ethyl adjacent to an activating group) is 1. The Balaban J connectivity index is 1.79. The molecule has 1 aliphatic rings. The molecule has 0 radical (unpaired) electrons. The fourth-order valence-electron chi connectivity index (χ4n) is 4.14. The molecule has 168 valence electrons. The van der Waals surface area contributed by atoms with Crippen molar-refractivity contribution in [3.05, 3.63) is 58.7 Å². The number of ether oxygens (including phenoxy) is 3. The highest BCUT2D eigenvalue weighted by Gasteiger charge is 2.31. The van der Waals surface area contributed by atoms with Gasteiger partial charge in [-0.3, -0.25) is 9.20 Å². The molecule has 0 bridgehead atoms. The van der Waals surface area contributed by atoms with Crippen LogP contribution in [0.4, 0.5) is 5.69 Å². The summed E-state index contributed by atoms with van der Waals surface area (Å²) in [6.45, 7) is 2.04. The second-order valence-corrected chi connectivity index (χ2v) is 8.92. The number of hydrogen-bond donors (Lipinski definition) is 0. The van der Waals surface area contributed by atoms with Gasteiger partial charge in [0.25, 0.3) is 5.91 Å². The number of nitrogens with zero attached hydrogens (tertiary/aromatic N) is 3. The highest BCUT2D eigenvalue weighted by Crippen LogP contribution is 2.42. The van der Waals surface area contributed by atoms with Crippen molar-refractivity contribution in [3.63, 3.8) is 0 Å². The van der Waals surface area contributed by atoms with Crippen molar-refractivity contribution in [3.8, 4) is 28.5 Å². The third-order valence-corrected chi connectivity index (χ3v) is 6.71. The smallest absolute Gasteiger partial charge is 0.258 e. The quantitative estimate of drug-likeness (QED) is 0.395. The first-order chi connectivity index (χ1) is 15.9. The largest absolute Gasteiger partial charge is 0.497 e. The van der Waals surface area contributed by atoms with E-state index in [1.165, 1.54) is 0 Å². The zero-order valence-electron chi connectivity index (χ0n) is 19.0. The minimum Gasteiger partial charge on any atom is -0.497 e. The number of fused-ring (bicyclic) bond motifs is 2. The lowest BCUT2D eigenvalue weighted by molar-refractivity contribution is -0.112. The first-order valence-corrected chi connectivity index (χ1v) is 11.2. The van der Waals surface area contributed by atoms with Crippen LogP contribution in [0, 0.1) is 6.92 Å². The summed E-state index contributed by atoms with van der Waals surface area (Å²) in [6, 6.07) is 11.3. The van der Waals surface area contributed by atoms with Gasteiger partial charge >= 0.3 is 0 Å². The highest BCUT2D eigenvalue weighted by atomic mass is 32.1. The standard InChI is InChI=1S/C25H23N3O4S/c1-14-13-28-21(12-18-17-10-15(30-3)6-8-20(17)27(2)24(18)29)23(26-25(28)33-14)19-11-16(31-4)7-9-22(19)32-5/h6-13H,1-5H3/b18-12+. The van der Waals surface area contributed by atoms with Crippen LogP contribution in [0.2, 0.25) is 0 Å². The Morgan fingerprint density at radius 1 is 0.970 bits per heavy atom. The van der Waals surface area contributed by atoms with Crippen LogP contribution in [0.1, 0.15) is 16.1 Å². The monoisotopic (exact) mass is 461 g/mol. The van der Waals surface area contributed by atoms with E-state index in [0.29, 0.717) is 22.8 Å². The second kappa shape index (κ2) is 7.97. The summed E-state index contributed by atoms with van der Waals surface area (Å²) in [5.41, 5.74) is 4.56. The van der Waals surface area contributed by atoms with E-state index in [-0.39, 0.29) is 5.91 Å². The van der Waals surface area contributed by atoms with Gasteiger partial charge in [-0.25, -0.2) is 4.98 Å². The molecule has 2 aromatic carbocycles. The zero-order chi connectivity index (χ0) is 23.3. The number of thiazole rings is 1. The van der Waals surface area contributed by atoms with Crippen molar-refractivity contribution in [2.24, 2.45) is 0 Å². The van der Waals surface area contributed by atoms with Crippen LogP contribution in [0.5, 0.6) is 17.2 Å². The van der Waals surface area contributed by atoms with E-state index < -0.39 is 0 Å². The molecular weight excluding hydrogens is 438 g/mol. The van der Waals surface area contributed by atoms with Gasteiger partial charge in [0.05, 0.1) is 38.3 Å². The molecule has 7 nitrogen and oxygen atoms in total. The minimum absolute atomic E-state index is 0.0799. The number of aromatic nitrogens is 2. The molecule has 1 aliphatic heterocycles. The summed E-state index contributed by atoms with van der Waals surface area (Å²) in [7, 11) is 6.65. The normalized spacial score (nSPS) is 14.3. The van der Waals surface area contributed by atoms with Crippen LogP contribution in [-0.4, -0.2) is 43.7 Å². The number of anilines is 1. The van der Waals surface area contributed by atoms with Gasteiger partial charge in [0.15, 0.2) is 4.96 Å². The van der Waals surface area contributed by atoms with Gasteiger partial charge in [-0.2, -0.15) is 0 Å². The van der Waals surface area contributed by atoms with Crippen LogP contribution in [0.3, 0.4) is 0 Å². The van der Waals surface area contributed by atoms with E-state index in [2.05, 4.69) is 0 Å². The van der Waals surface area contributed by atoms with Gasteiger partial charge in [-0.15, -0.1) is 11.3 Å². The number of amides is 1. The molecule has 0 atom stereocenters. The molecular formula is C25H23N3O4S. The highest BCUT2D eigenvalue weighted by molar-refractivity contribution is 7.17. The number of aryl methyl sites for hydroxylation is 1. The summed E-state index contributed by atoms with van der Waals surface area (Å²) in [5.74, 6) is 1.99. The molecule has 0 saturated heterocycles. The van der Waals surface area contributed by atoms with Crippen molar-refractivity contribution >= 4 is 39.5 Å². The number of methoxy groups -OCH3 is 3. The number of carbonyl (C=O) groups excluding carboxylic acids is 1. The van der Waals surface area contributed by atoms with E-state index >= 15 is 0 Å². The zero-order valence-corrected chi connectivity index (χ0v) is 19.8. The average molecular weight is 462 g/mol. The topological polar surface area (TPSA) is 65.3 Å². The summed E-state index contributed by atoms with van der Waals surface area (Å²) >= 11 is 1.59. The average Bonchev–Trinajstić information content (AvgIpc) is 3.43. The molecule has 0 saturated carbocycles. The first-order valence-electron chi connectivity index (χ1n) is 10.3. The number of imidazole rings is 1. The van der Waals surface area contributed by atoms with E-state index in [1.54, 1.807) is 44.6 Å². The summed E-state index contributed by atoms with van der Waals surface area (Å²) in [6.07, 6.45) is 3.94. The number of benzene rings is 2. The predicted molar refractivity (Wildman–Crippen MR) is 131 cm³/mol. The molecule has 0 fully saturated rings. The molecule has 5 rings (SSSR count). The molecule has 1 amide bonds. The van der Waals surface area contributed by atoms with E-state index in [1.807, 2.05) is 60.0 Å². The lowest BCUT2D eigenvalue weighted by atomic mass is 10.0. The summed E-state index contributed by atoms with van der Waals surface area (Å²) < 4.78 is 18.5. The Labute approximate surface area is 195 Å². The summed E-state index contributed by atoms with van der Waals surface area (Å²) in [5, 5.41) is 0. The molecule has 0 aliphatic carbocycles. The van der Waals surface area contributed by atoms with Crippen LogP contribution >= 0.6 is 11.3 Å². The van der Waals surface area contributed by atoms with Gasteiger partial charge in [-0.05, 0) is 49.4 Å². The molecule has 0 N–H and O–H groups in total. The lowest BCUT2D eigenvalue weighted by Gasteiger charge is -2.10. The van der Waals surface area contributed by atoms with Crippen LogP contribution in [-0.2, 0) is 4.79 Å². The third-order valence-electron chi connectivity index (χ3n) is 5.81. The van der Waals surface area contributed by atoms with Crippen molar-refractivity contribution in [2.45, 2.75) is 6.92 Å². The molecule has 0 spiro atoms. The lowest BCUT2D eigenvalue weighted by Crippen LogP contribution is -2.20. The van der Waals surface area contributed by atoms with E-state index in [0.717, 1.165) is 38.0 Å². The Morgan fingerprint density at radius 3 is 2.36 bits per heavy atom. The van der Waals surface area contributed by atoms with Gasteiger partial charge in [0.1, 0.15) is 22.9 Å². The SMILES string of the molecule is COc1ccc2c(c1)/C(=C\c1c(-c3cc(OC)ccc3OC)nc3sc(C)cn13)C(=O)N2C. The van der Waals surface area contributed by atoms with Gasteiger partial charge in [0.2, 0.25) is 0 Å². The van der Waals surface area contributed by atoms with Gasteiger partial charge < -0.3 is 19.1 Å². The fraction of sp³-hybridized carbons (Fsp3) is 0.200. The van der Waals surface area contributed by atoms with Crippen LogP contribution in [0.15, 0.2) is 42.6 Å². The first kappa shape index (κ1) is 21.1. The molecule has 33 heavy (non-hydrogen) atoms. The van der Waals surface area contributed by atoms with Crippen molar-refractivity contribution < 1.29 is 19.0 Å². The Hall–Kier alpha value is -3.78. The molecule has 8 heteroatoms. The Bertz CT molecular complexity index is 1430. The number of carbonyl (C=O) groups is 1.